The lowest BCUT2D eigenvalue weighted by Crippen LogP contribution is -2.45. The van der Waals surface area contributed by atoms with Crippen LogP contribution in [0.2, 0.25) is 5.02 Å². The highest BCUT2D eigenvalue weighted by Gasteiger charge is 2.26. The standard InChI is InChI=1S/C20H30ClN3O3/c1-15(17-6-3-4-7-18(17)21)23-19(25)14-24-11-8-16(9-12-24)20(26)22-10-5-13-27-2/h3-4,6-7,15-16H,5,8-14H2,1-2H3,(H,22,26)(H,23,25). The molecule has 1 fully saturated rings. The van der Waals surface area contributed by atoms with E-state index in [9.17, 15) is 9.59 Å². The molecular formula is C20H30ClN3O3. The van der Waals surface area contributed by atoms with Gasteiger partial charge in [-0.2, -0.15) is 0 Å². The van der Waals surface area contributed by atoms with E-state index in [4.69, 9.17) is 16.3 Å². The number of nitrogens with zero attached hydrogens (tertiary/aromatic N) is 1. The molecule has 1 aromatic carbocycles. The molecule has 0 aliphatic carbocycles. The molecule has 2 amide bonds. The Morgan fingerprint density at radius 2 is 2.00 bits per heavy atom. The number of piperidine rings is 1. The summed E-state index contributed by atoms with van der Waals surface area (Å²) in [5.41, 5.74) is 0.913. The minimum Gasteiger partial charge on any atom is -0.385 e. The predicted octanol–water partition coefficient (Wildman–Crippen LogP) is 2.38. The zero-order valence-electron chi connectivity index (χ0n) is 16.2. The Morgan fingerprint density at radius 3 is 2.67 bits per heavy atom. The molecule has 27 heavy (non-hydrogen) atoms. The smallest absolute Gasteiger partial charge is 0.234 e. The molecule has 1 saturated heterocycles. The maximum Gasteiger partial charge on any atom is 0.234 e. The van der Waals surface area contributed by atoms with Gasteiger partial charge in [0.05, 0.1) is 12.6 Å². The van der Waals surface area contributed by atoms with Crippen molar-refractivity contribution < 1.29 is 14.3 Å². The summed E-state index contributed by atoms with van der Waals surface area (Å²) in [5.74, 6) is 0.126. The van der Waals surface area contributed by atoms with Gasteiger partial charge in [-0.05, 0) is 50.9 Å². The topological polar surface area (TPSA) is 70.7 Å². The van der Waals surface area contributed by atoms with Gasteiger partial charge < -0.3 is 15.4 Å². The summed E-state index contributed by atoms with van der Waals surface area (Å²) in [7, 11) is 1.66. The lowest BCUT2D eigenvalue weighted by molar-refractivity contribution is -0.127. The van der Waals surface area contributed by atoms with Crippen LogP contribution in [-0.4, -0.2) is 56.6 Å². The third-order valence-electron chi connectivity index (χ3n) is 4.90. The predicted molar refractivity (Wildman–Crippen MR) is 107 cm³/mol. The Morgan fingerprint density at radius 1 is 1.30 bits per heavy atom. The Kier molecular flexibility index (Phi) is 9.04. The molecule has 1 unspecified atom stereocenters. The molecule has 150 valence electrons. The van der Waals surface area contributed by atoms with Crippen LogP contribution in [0.3, 0.4) is 0 Å². The first-order valence-corrected chi connectivity index (χ1v) is 9.92. The second-order valence-corrected chi connectivity index (χ2v) is 7.41. The van der Waals surface area contributed by atoms with Gasteiger partial charge in [-0.25, -0.2) is 0 Å². The van der Waals surface area contributed by atoms with Crippen LogP contribution in [0.5, 0.6) is 0 Å². The van der Waals surface area contributed by atoms with E-state index in [-0.39, 0.29) is 23.8 Å². The average Bonchev–Trinajstić information content (AvgIpc) is 2.66. The van der Waals surface area contributed by atoms with Gasteiger partial charge in [-0.3, -0.25) is 14.5 Å². The number of amides is 2. The van der Waals surface area contributed by atoms with E-state index in [0.717, 1.165) is 37.9 Å². The molecule has 0 aromatic heterocycles. The number of nitrogens with one attached hydrogen (secondary N) is 2. The van der Waals surface area contributed by atoms with Gasteiger partial charge in [0, 0.05) is 31.2 Å². The monoisotopic (exact) mass is 395 g/mol. The van der Waals surface area contributed by atoms with Crippen molar-refractivity contribution in [2.45, 2.75) is 32.2 Å². The molecule has 6 nitrogen and oxygen atoms in total. The van der Waals surface area contributed by atoms with Crippen molar-refractivity contribution >= 4 is 23.4 Å². The fourth-order valence-corrected chi connectivity index (χ4v) is 3.62. The zero-order chi connectivity index (χ0) is 19.6. The van der Waals surface area contributed by atoms with E-state index < -0.39 is 0 Å². The van der Waals surface area contributed by atoms with Crippen LogP contribution in [0.25, 0.3) is 0 Å². The Balaban J connectivity index is 1.70. The van der Waals surface area contributed by atoms with Gasteiger partial charge in [-0.1, -0.05) is 29.8 Å². The summed E-state index contributed by atoms with van der Waals surface area (Å²) < 4.78 is 4.98. The second-order valence-electron chi connectivity index (χ2n) is 7.00. The molecule has 1 aliphatic rings. The van der Waals surface area contributed by atoms with Crippen LogP contribution in [-0.2, 0) is 14.3 Å². The molecule has 0 radical (unpaired) electrons. The van der Waals surface area contributed by atoms with Crippen molar-refractivity contribution in [1.29, 1.82) is 0 Å². The number of ether oxygens (including phenoxy) is 1. The Bertz CT molecular complexity index is 618. The molecule has 1 heterocycles. The van der Waals surface area contributed by atoms with Crippen LogP contribution in [0.4, 0.5) is 0 Å². The van der Waals surface area contributed by atoms with Gasteiger partial charge in [0.25, 0.3) is 0 Å². The fraction of sp³-hybridized carbons (Fsp3) is 0.600. The average molecular weight is 396 g/mol. The Labute approximate surface area is 166 Å². The van der Waals surface area contributed by atoms with E-state index in [2.05, 4.69) is 15.5 Å². The second kappa shape index (κ2) is 11.3. The molecule has 1 aliphatic heterocycles. The lowest BCUT2D eigenvalue weighted by atomic mass is 9.96. The van der Waals surface area contributed by atoms with Gasteiger partial charge in [0.15, 0.2) is 0 Å². The normalized spacial score (nSPS) is 16.7. The first-order chi connectivity index (χ1) is 13.0. The summed E-state index contributed by atoms with van der Waals surface area (Å²) in [4.78, 5) is 26.6. The van der Waals surface area contributed by atoms with Crippen molar-refractivity contribution in [3.8, 4) is 0 Å². The highest BCUT2D eigenvalue weighted by Crippen LogP contribution is 2.22. The number of rotatable bonds is 9. The largest absolute Gasteiger partial charge is 0.385 e. The first kappa shape index (κ1) is 21.7. The number of methoxy groups -OCH3 is 1. The fourth-order valence-electron chi connectivity index (χ4n) is 3.32. The number of benzene rings is 1. The van der Waals surface area contributed by atoms with Crippen LogP contribution >= 0.6 is 11.6 Å². The zero-order valence-corrected chi connectivity index (χ0v) is 16.9. The van der Waals surface area contributed by atoms with Crippen LogP contribution in [0.15, 0.2) is 24.3 Å². The molecule has 2 rings (SSSR count). The van der Waals surface area contributed by atoms with Crippen molar-refractivity contribution in [3.63, 3.8) is 0 Å². The van der Waals surface area contributed by atoms with E-state index >= 15 is 0 Å². The van der Waals surface area contributed by atoms with Crippen molar-refractivity contribution in [2.24, 2.45) is 5.92 Å². The van der Waals surface area contributed by atoms with Crippen molar-refractivity contribution in [3.05, 3.63) is 34.9 Å². The summed E-state index contributed by atoms with van der Waals surface area (Å²) in [6, 6.07) is 7.39. The van der Waals surface area contributed by atoms with E-state index in [1.54, 1.807) is 7.11 Å². The van der Waals surface area contributed by atoms with E-state index in [1.165, 1.54) is 0 Å². The molecular weight excluding hydrogens is 366 g/mol. The van der Waals surface area contributed by atoms with Crippen LogP contribution in [0, 0.1) is 5.92 Å². The maximum absolute atomic E-state index is 12.3. The number of carbonyl (C=O) groups excluding carboxylic acids is 2. The summed E-state index contributed by atoms with van der Waals surface area (Å²) in [5, 5.41) is 6.62. The van der Waals surface area contributed by atoms with Gasteiger partial charge in [0.2, 0.25) is 11.8 Å². The van der Waals surface area contributed by atoms with Gasteiger partial charge in [0.1, 0.15) is 0 Å². The quantitative estimate of drug-likeness (QED) is 0.630. The summed E-state index contributed by atoms with van der Waals surface area (Å²) >= 11 is 6.19. The van der Waals surface area contributed by atoms with Gasteiger partial charge >= 0.3 is 0 Å². The molecule has 1 atom stereocenters. The van der Waals surface area contributed by atoms with Crippen LogP contribution in [0.1, 0.15) is 37.8 Å². The highest BCUT2D eigenvalue weighted by molar-refractivity contribution is 6.31. The molecule has 2 N–H and O–H groups in total. The summed E-state index contributed by atoms with van der Waals surface area (Å²) in [6.45, 7) is 5.08. The maximum atomic E-state index is 12.3. The summed E-state index contributed by atoms with van der Waals surface area (Å²) in [6.07, 6.45) is 2.39. The molecule has 7 heteroatoms. The van der Waals surface area contributed by atoms with Gasteiger partial charge in [-0.15, -0.1) is 0 Å². The SMILES string of the molecule is COCCCNC(=O)C1CCN(CC(=O)NC(C)c2ccccc2Cl)CC1. The minimum atomic E-state index is -0.137. The van der Waals surface area contributed by atoms with Crippen LogP contribution < -0.4 is 10.6 Å². The first-order valence-electron chi connectivity index (χ1n) is 9.54. The molecule has 1 aromatic rings. The minimum absolute atomic E-state index is 0.0233. The number of carbonyl (C=O) groups is 2. The third kappa shape index (κ3) is 7.13. The van der Waals surface area contributed by atoms with Crippen molar-refractivity contribution in [1.82, 2.24) is 15.5 Å². The lowest BCUT2D eigenvalue weighted by Gasteiger charge is -2.31. The number of likely N-dealkylation sites (tertiary alicyclic amines) is 1. The van der Waals surface area contributed by atoms with E-state index in [0.29, 0.717) is 24.7 Å². The Hall–Kier alpha value is -1.63. The molecule has 0 bridgehead atoms. The highest BCUT2D eigenvalue weighted by atomic mass is 35.5. The molecule has 0 saturated carbocycles. The van der Waals surface area contributed by atoms with Crippen molar-refractivity contribution in [2.75, 3.05) is 39.9 Å². The molecule has 0 spiro atoms. The number of hydrogen-bond acceptors (Lipinski definition) is 4. The number of hydrogen-bond donors (Lipinski definition) is 2. The van der Waals surface area contributed by atoms with E-state index in [1.807, 2.05) is 31.2 Å². The number of halogens is 1. The third-order valence-corrected chi connectivity index (χ3v) is 5.24.